The van der Waals surface area contributed by atoms with Crippen LogP contribution in [0.25, 0.3) is 0 Å². The first-order valence-corrected chi connectivity index (χ1v) is 7.38. The first kappa shape index (κ1) is 14.1. The quantitative estimate of drug-likeness (QED) is 0.799. The van der Waals surface area contributed by atoms with E-state index in [1.54, 1.807) is 7.11 Å². The van der Waals surface area contributed by atoms with Gasteiger partial charge in [0.05, 0.1) is 7.11 Å². The predicted octanol–water partition coefficient (Wildman–Crippen LogP) is 4.02. The molecule has 1 aliphatic rings. The smallest absolute Gasteiger partial charge is 0.140 e. The van der Waals surface area contributed by atoms with Crippen molar-refractivity contribution in [2.75, 3.05) is 7.11 Å². The molecule has 2 nitrogen and oxygen atoms in total. The van der Waals surface area contributed by atoms with E-state index in [2.05, 4.69) is 6.92 Å². The first-order valence-electron chi connectivity index (χ1n) is 7.38. The third-order valence-electron chi connectivity index (χ3n) is 4.33. The van der Waals surface area contributed by atoms with Crippen molar-refractivity contribution in [1.29, 1.82) is 0 Å². The van der Waals surface area contributed by atoms with Gasteiger partial charge in [-0.2, -0.15) is 0 Å². The van der Waals surface area contributed by atoms with Gasteiger partial charge in [-0.3, -0.25) is 4.79 Å². The largest absolute Gasteiger partial charge is 0.497 e. The Morgan fingerprint density at radius 3 is 2.95 bits per heavy atom. The number of ether oxygens (including phenoxy) is 1. The first-order chi connectivity index (χ1) is 9.22. The second-order valence-electron chi connectivity index (χ2n) is 5.63. The van der Waals surface area contributed by atoms with Crippen LogP contribution in [0, 0.1) is 11.8 Å². The third kappa shape index (κ3) is 3.82. The number of carbonyl (C=O) groups is 1. The summed E-state index contributed by atoms with van der Waals surface area (Å²) in [6.45, 7) is 2.24. The molecule has 1 saturated carbocycles. The van der Waals surface area contributed by atoms with Crippen LogP contribution in [-0.4, -0.2) is 12.9 Å². The van der Waals surface area contributed by atoms with Crippen LogP contribution in [0.5, 0.6) is 5.75 Å². The molecule has 19 heavy (non-hydrogen) atoms. The average molecular weight is 260 g/mol. The molecule has 0 amide bonds. The lowest BCUT2D eigenvalue weighted by Gasteiger charge is -2.27. The maximum Gasteiger partial charge on any atom is 0.140 e. The summed E-state index contributed by atoms with van der Waals surface area (Å²) in [5, 5.41) is 0. The fraction of sp³-hybridized carbons (Fsp3) is 0.588. The molecular weight excluding hydrogens is 236 g/mol. The minimum absolute atomic E-state index is 0.282. The van der Waals surface area contributed by atoms with Gasteiger partial charge in [-0.25, -0.2) is 0 Å². The van der Waals surface area contributed by atoms with Crippen molar-refractivity contribution in [2.24, 2.45) is 11.8 Å². The van der Waals surface area contributed by atoms with Crippen LogP contribution in [-0.2, 0) is 11.2 Å². The van der Waals surface area contributed by atoms with Crippen molar-refractivity contribution in [1.82, 2.24) is 0 Å². The molecule has 0 radical (unpaired) electrons. The summed E-state index contributed by atoms with van der Waals surface area (Å²) in [5.74, 6) is 2.28. The maximum atomic E-state index is 12.4. The number of ketones is 1. The molecule has 2 heteroatoms. The fourth-order valence-corrected chi connectivity index (χ4v) is 3.08. The third-order valence-corrected chi connectivity index (χ3v) is 4.33. The highest BCUT2D eigenvalue weighted by Crippen LogP contribution is 2.32. The molecular formula is C17H24O2. The van der Waals surface area contributed by atoms with Crippen LogP contribution in [0.4, 0.5) is 0 Å². The Morgan fingerprint density at radius 1 is 1.37 bits per heavy atom. The lowest BCUT2D eigenvalue weighted by molar-refractivity contribution is -0.123. The van der Waals surface area contributed by atoms with Gasteiger partial charge in [0.2, 0.25) is 0 Å². The predicted molar refractivity (Wildman–Crippen MR) is 77.4 cm³/mol. The van der Waals surface area contributed by atoms with E-state index in [9.17, 15) is 4.79 Å². The second-order valence-corrected chi connectivity index (χ2v) is 5.63. The van der Waals surface area contributed by atoms with Gasteiger partial charge in [0.1, 0.15) is 11.5 Å². The molecule has 0 aromatic heterocycles. The summed E-state index contributed by atoms with van der Waals surface area (Å²) < 4.78 is 5.21. The van der Waals surface area contributed by atoms with Crippen LogP contribution in [0.1, 0.15) is 44.6 Å². The van der Waals surface area contributed by atoms with Gasteiger partial charge in [-0.15, -0.1) is 0 Å². The zero-order chi connectivity index (χ0) is 13.7. The molecule has 104 valence electrons. The SMILES string of the molecule is CCC1CCCC(C(=O)Cc2cccc(OC)c2)C1. The van der Waals surface area contributed by atoms with E-state index in [1.165, 1.54) is 19.3 Å². The Morgan fingerprint density at radius 2 is 2.21 bits per heavy atom. The molecule has 0 heterocycles. The molecule has 2 rings (SSSR count). The summed E-state index contributed by atoms with van der Waals surface area (Å²) in [4.78, 5) is 12.4. The number of Topliss-reactive ketones (excluding diaryl/α,β-unsaturated/α-hetero) is 1. The normalized spacial score (nSPS) is 23.1. The lowest BCUT2D eigenvalue weighted by Crippen LogP contribution is -2.24. The topological polar surface area (TPSA) is 26.3 Å². The number of rotatable bonds is 5. The summed E-state index contributed by atoms with van der Waals surface area (Å²) in [5.41, 5.74) is 1.07. The van der Waals surface area contributed by atoms with Crippen molar-refractivity contribution in [3.05, 3.63) is 29.8 Å². The zero-order valence-corrected chi connectivity index (χ0v) is 12.0. The molecule has 1 aromatic rings. The number of benzene rings is 1. The van der Waals surface area contributed by atoms with Crippen molar-refractivity contribution in [3.63, 3.8) is 0 Å². The summed E-state index contributed by atoms with van der Waals surface area (Å²) in [6.07, 6.45) is 6.46. The number of hydrogen-bond acceptors (Lipinski definition) is 2. The Bertz CT molecular complexity index is 425. The summed E-state index contributed by atoms with van der Waals surface area (Å²) in [6, 6.07) is 7.86. The van der Waals surface area contributed by atoms with Crippen LogP contribution < -0.4 is 4.74 Å². The van der Waals surface area contributed by atoms with Gasteiger partial charge < -0.3 is 4.74 Å². The molecule has 1 fully saturated rings. The Labute approximate surface area is 116 Å². The van der Waals surface area contributed by atoms with Crippen LogP contribution >= 0.6 is 0 Å². The molecule has 0 bridgehead atoms. The lowest BCUT2D eigenvalue weighted by atomic mass is 9.77. The van der Waals surface area contributed by atoms with Crippen molar-refractivity contribution < 1.29 is 9.53 Å². The van der Waals surface area contributed by atoms with Gasteiger partial charge >= 0.3 is 0 Å². The highest BCUT2D eigenvalue weighted by atomic mass is 16.5. The van der Waals surface area contributed by atoms with Crippen molar-refractivity contribution in [3.8, 4) is 5.75 Å². The zero-order valence-electron chi connectivity index (χ0n) is 12.0. The Balaban J connectivity index is 1.96. The maximum absolute atomic E-state index is 12.4. The average Bonchev–Trinajstić information content (AvgIpc) is 2.47. The van der Waals surface area contributed by atoms with Gasteiger partial charge in [0.15, 0.2) is 0 Å². The van der Waals surface area contributed by atoms with E-state index in [1.807, 2.05) is 24.3 Å². The molecule has 2 atom stereocenters. The van der Waals surface area contributed by atoms with Crippen LogP contribution in [0.15, 0.2) is 24.3 Å². The van der Waals surface area contributed by atoms with E-state index in [-0.39, 0.29) is 5.92 Å². The highest BCUT2D eigenvalue weighted by Gasteiger charge is 2.26. The van der Waals surface area contributed by atoms with Crippen molar-refractivity contribution >= 4 is 5.78 Å². The highest BCUT2D eigenvalue weighted by molar-refractivity contribution is 5.83. The van der Waals surface area contributed by atoms with Crippen molar-refractivity contribution in [2.45, 2.75) is 45.4 Å². The standard InChI is InChI=1S/C17H24O2/c1-3-13-6-4-8-15(10-13)17(18)12-14-7-5-9-16(11-14)19-2/h5,7,9,11,13,15H,3-4,6,8,10,12H2,1-2H3. The van der Waals surface area contributed by atoms with Gasteiger partial charge in [0, 0.05) is 12.3 Å². The van der Waals surface area contributed by atoms with E-state index in [0.29, 0.717) is 12.2 Å². The van der Waals surface area contributed by atoms with E-state index < -0.39 is 0 Å². The fourth-order valence-electron chi connectivity index (χ4n) is 3.08. The monoisotopic (exact) mass is 260 g/mol. The second kappa shape index (κ2) is 6.74. The van der Waals surface area contributed by atoms with Gasteiger partial charge in [-0.1, -0.05) is 38.3 Å². The van der Waals surface area contributed by atoms with E-state index >= 15 is 0 Å². The summed E-state index contributed by atoms with van der Waals surface area (Å²) in [7, 11) is 1.66. The minimum atomic E-state index is 0.282. The van der Waals surface area contributed by atoms with Crippen LogP contribution in [0.2, 0.25) is 0 Å². The number of carbonyl (C=O) groups excluding carboxylic acids is 1. The number of methoxy groups -OCH3 is 1. The molecule has 1 aromatic carbocycles. The summed E-state index contributed by atoms with van der Waals surface area (Å²) >= 11 is 0. The molecule has 0 spiro atoms. The molecule has 1 aliphatic carbocycles. The minimum Gasteiger partial charge on any atom is -0.497 e. The molecule has 0 N–H and O–H groups in total. The molecule has 2 unspecified atom stereocenters. The van der Waals surface area contributed by atoms with Gasteiger partial charge in [-0.05, 0) is 36.5 Å². The van der Waals surface area contributed by atoms with Crippen LogP contribution in [0.3, 0.4) is 0 Å². The molecule has 0 aliphatic heterocycles. The molecule has 0 saturated heterocycles. The van der Waals surface area contributed by atoms with E-state index in [0.717, 1.165) is 30.1 Å². The van der Waals surface area contributed by atoms with E-state index in [4.69, 9.17) is 4.74 Å². The number of hydrogen-bond donors (Lipinski definition) is 0. The Hall–Kier alpha value is -1.31. The van der Waals surface area contributed by atoms with Gasteiger partial charge in [0.25, 0.3) is 0 Å². The Kier molecular flexibility index (Phi) is 5.00.